The summed E-state index contributed by atoms with van der Waals surface area (Å²) in [6.07, 6.45) is 0. The number of hydrogen-bond acceptors (Lipinski definition) is 5. The molecule has 0 unspecified atom stereocenters. The molecule has 0 amide bonds. The number of nitrogens with zero attached hydrogens (tertiary/aromatic N) is 1. The molecule has 0 bridgehead atoms. The second kappa shape index (κ2) is 5.66. The van der Waals surface area contributed by atoms with Gasteiger partial charge in [0, 0.05) is 11.6 Å². The van der Waals surface area contributed by atoms with Gasteiger partial charge in [-0.05, 0) is 19.1 Å². The van der Waals surface area contributed by atoms with Gasteiger partial charge < -0.3 is 14.6 Å². The normalized spacial score (nSPS) is 10.2. The highest BCUT2D eigenvalue weighted by molar-refractivity contribution is 5.54. The van der Waals surface area contributed by atoms with Crippen molar-refractivity contribution >= 4 is 5.69 Å². The van der Waals surface area contributed by atoms with Crippen molar-refractivity contribution < 1.29 is 23.9 Å². The van der Waals surface area contributed by atoms with Crippen molar-refractivity contribution in [1.29, 1.82) is 0 Å². The van der Waals surface area contributed by atoms with Crippen LogP contribution in [-0.2, 0) is 0 Å². The summed E-state index contributed by atoms with van der Waals surface area (Å²) in [6.45, 7) is 1.59. The lowest BCUT2D eigenvalue weighted by Crippen LogP contribution is -1.98. The summed E-state index contributed by atoms with van der Waals surface area (Å²) in [4.78, 5) is 10.2. The van der Waals surface area contributed by atoms with Crippen LogP contribution in [-0.4, -0.2) is 17.1 Å². The van der Waals surface area contributed by atoms with Crippen molar-refractivity contribution in [3.05, 3.63) is 51.8 Å². The van der Waals surface area contributed by atoms with Crippen LogP contribution in [0.3, 0.4) is 0 Å². The molecule has 2 aromatic carbocycles. The van der Waals surface area contributed by atoms with Crippen LogP contribution in [0.15, 0.2) is 30.3 Å². The van der Waals surface area contributed by atoms with Gasteiger partial charge in [0.05, 0.1) is 18.1 Å². The fourth-order valence-electron chi connectivity index (χ4n) is 1.74. The minimum Gasteiger partial charge on any atom is -0.508 e. The van der Waals surface area contributed by atoms with E-state index in [1.165, 1.54) is 25.3 Å². The van der Waals surface area contributed by atoms with Crippen molar-refractivity contribution in [3.8, 4) is 23.0 Å². The molecule has 2 aromatic rings. The van der Waals surface area contributed by atoms with Gasteiger partial charge >= 0.3 is 5.69 Å². The summed E-state index contributed by atoms with van der Waals surface area (Å²) < 4.78 is 23.8. The molecule has 21 heavy (non-hydrogen) atoms. The SMILES string of the molecule is COc1cc(Oc2cccc(O)c2C)c([N+](=O)[O-])cc1F. The van der Waals surface area contributed by atoms with E-state index in [0.717, 1.165) is 12.1 Å². The molecule has 0 heterocycles. The number of phenols is 1. The van der Waals surface area contributed by atoms with Crippen LogP contribution in [0.2, 0.25) is 0 Å². The lowest BCUT2D eigenvalue weighted by molar-refractivity contribution is -0.385. The van der Waals surface area contributed by atoms with Gasteiger partial charge in [-0.1, -0.05) is 6.07 Å². The average Bonchev–Trinajstić information content (AvgIpc) is 2.45. The number of nitro benzene ring substituents is 1. The maximum absolute atomic E-state index is 13.5. The standard InChI is InChI=1S/C14H12FNO5/c1-8-11(17)4-3-5-12(8)21-14-7-13(20-2)9(15)6-10(14)16(18)19/h3-7,17H,1-2H3. The summed E-state index contributed by atoms with van der Waals surface area (Å²) in [5, 5.41) is 20.6. The molecule has 0 aliphatic rings. The Hall–Kier alpha value is -2.83. The highest BCUT2D eigenvalue weighted by Crippen LogP contribution is 2.38. The molecular formula is C14H12FNO5. The predicted octanol–water partition coefficient (Wildman–Crippen LogP) is 3.55. The first kappa shape index (κ1) is 14.6. The van der Waals surface area contributed by atoms with E-state index >= 15 is 0 Å². The zero-order valence-electron chi connectivity index (χ0n) is 11.3. The summed E-state index contributed by atoms with van der Waals surface area (Å²) in [7, 11) is 1.24. The van der Waals surface area contributed by atoms with Gasteiger partial charge in [0.25, 0.3) is 0 Å². The molecule has 0 radical (unpaired) electrons. The minimum absolute atomic E-state index is 0.00997. The van der Waals surface area contributed by atoms with E-state index in [0.29, 0.717) is 5.56 Å². The van der Waals surface area contributed by atoms with Crippen LogP contribution in [0.1, 0.15) is 5.56 Å². The van der Waals surface area contributed by atoms with Gasteiger partial charge in [-0.3, -0.25) is 10.1 Å². The van der Waals surface area contributed by atoms with E-state index in [9.17, 15) is 19.6 Å². The number of benzene rings is 2. The topological polar surface area (TPSA) is 81.8 Å². The van der Waals surface area contributed by atoms with E-state index in [2.05, 4.69) is 0 Å². The van der Waals surface area contributed by atoms with Crippen LogP contribution >= 0.6 is 0 Å². The number of hydrogen-bond donors (Lipinski definition) is 1. The number of halogens is 1. The Kier molecular flexibility index (Phi) is 3.93. The van der Waals surface area contributed by atoms with Gasteiger partial charge in [0.1, 0.15) is 11.5 Å². The largest absolute Gasteiger partial charge is 0.508 e. The van der Waals surface area contributed by atoms with Crippen molar-refractivity contribution in [2.75, 3.05) is 7.11 Å². The first-order chi connectivity index (χ1) is 9.93. The number of rotatable bonds is 4. The second-order valence-corrected chi connectivity index (χ2v) is 4.21. The van der Waals surface area contributed by atoms with Crippen LogP contribution in [0.5, 0.6) is 23.0 Å². The second-order valence-electron chi connectivity index (χ2n) is 4.21. The van der Waals surface area contributed by atoms with Crippen molar-refractivity contribution in [3.63, 3.8) is 0 Å². The molecule has 0 aliphatic heterocycles. The number of aromatic hydroxyl groups is 1. The number of ether oxygens (including phenoxy) is 2. The maximum Gasteiger partial charge on any atom is 0.314 e. The molecule has 0 saturated carbocycles. The Labute approximate surface area is 119 Å². The first-order valence-corrected chi connectivity index (χ1v) is 5.92. The molecule has 110 valence electrons. The van der Waals surface area contributed by atoms with Crippen LogP contribution < -0.4 is 9.47 Å². The first-order valence-electron chi connectivity index (χ1n) is 5.92. The smallest absolute Gasteiger partial charge is 0.314 e. The Morgan fingerprint density at radius 1 is 1.24 bits per heavy atom. The number of phenolic OH excluding ortho intramolecular Hbond substituents is 1. The third-order valence-electron chi connectivity index (χ3n) is 2.91. The number of methoxy groups -OCH3 is 1. The lowest BCUT2D eigenvalue weighted by atomic mass is 10.2. The highest BCUT2D eigenvalue weighted by Gasteiger charge is 2.21. The fourth-order valence-corrected chi connectivity index (χ4v) is 1.74. The molecule has 0 aromatic heterocycles. The molecule has 2 rings (SSSR count). The Balaban J connectivity index is 2.52. The van der Waals surface area contributed by atoms with Gasteiger partial charge in [-0.15, -0.1) is 0 Å². The molecule has 0 spiro atoms. The molecule has 0 fully saturated rings. The lowest BCUT2D eigenvalue weighted by Gasteiger charge is -2.11. The van der Waals surface area contributed by atoms with Crippen LogP contribution in [0.4, 0.5) is 10.1 Å². The summed E-state index contributed by atoms with van der Waals surface area (Å²) >= 11 is 0. The maximum atomic E-state index is 13.5. The summed E-state index contributed by atoms with van der Waals surface area (Å²) in [5.41, 5.74) is -0.119. The van der Waals surface area contributed by atoms with Crippen molar-refractivity contribution in [1.82, 2.24) is 0 Å². The van der Waals surface area contributed by atoms with E-state index < -0.39 is 16.4 Å². The predicted molar refractivity (Wildman–Crippen MR) is 72.5 cm³/mol. The minimum atomic E-state index is -0.857. The van der Waals surface area contributed by atoms with E-state index in [4.69, 9.17) is 9.47 Å². The van der Waals surface area contributed by atoms with Crippen molar-refractivity contribution in [2.24, 2.45) is 0 Å². The third-order valence-corrected chi connectivity index (χ3v) is 2.91. The zero-order chi connectivity index (χ0) is 15.6. The van der Waals surface area contributed by atoms with Crippen molar-refractivity contribution in [2.45, 2.75) is 6.92 Å². The van der Waals surface area contributed by atoms with Gasteiger partial charge in [0.2, 0.25) is 5.75 Å². The van der Waals surface area contributed by atoms with E-state index in [1.807, 2.05) is 0 Å². The molecule has 0 saturated heterocycles. The Morgan fingerprint density at radius 2 is 1.95 bits per heavy atom. The highest BCUT2D eigenvalue weighted by atomic mass is 19.1. The third kappa shape index (κ3) is 2.86. The molecule has 0 atom stereocenters. The van der Waals surface area contributed by atoms with E-state index in [1.54, 1.807) is 6.92 Å². The fraction of sp³-hybridized carbons (Fsp3) is 0.143. The van der Waals surface area contributed by atoms with Crippen LogP contribution in [0.25, 0.3) is 0 Å². The van der Waals surface area contributed by atoms with E-state index in [-0.39, 0.29) is 23.0 Å². The van der Waals surface area contributed by atoms with Crippen LogP contribution in [0, 0.1) is 22.9 Å². The monoisotopic (exact) mass is 293 g/mol. The Morgan fingerprint density at radius 3 is 2.57 bits per heavy atom. The van der Waals surface area contributed by atoms with Gasteiger partial charge in [0.15, 0.2) is 11.6 Å². The molecular weight excluding hydrogens is 281 g/mol. The molecule has 0 aliphatic carbocycles. The quantitative estimate of drug-likeness (QED) is 0.688. The summed E-state index contributed by atoms with van der Waals surface area (Å²) in [5.74, 6) is -0.986. The molecule has 1 N–H and O–H groups in total. The zero-order valence-corrected chi connectivity index (χ0v) is 11.3. The average molecular weight is 293 g/mol. The molecule has 7 heteroatoms. The van der Waals surface area contributed by atoms with Gasteiger partial charge in [-0.25, -0.2) is 4.39 Å². The van der Waals surface area contributed by atoms with Gasteiger partial charge in [-0.2, -0.15) is 0 Å². The Bertz CT molecular complexity index is 702. The molecule has 6 nitrogen and oxygen atoms in total. The number of nitro groups is 1. The summed E-state index contributed by atoms with van der Waals surface area (Å²) in [6, 6.07) is 6.35.